The number of hydrogen-bond donors (Lipinski definition) is 4. The summed E-state index contributed by atoms with van der Waals surface area (Å²) in [6.07, 6.45) is 3.17. The molecule has 4 N–H and O–H groups in total. The zero-order chi connectivity index (χ0) is 22.1. The van der Waals surface area contributed by atoms with E-state index in [1.54, 1.807) is 12.1 Å². The fourth-order valence-corrected chi connectivity index (χ4v) is 3.65. The summed E-state index contributed by atoms with van der Waals surface area (Å²) in [5.41, 5.74) is 3.98. The van der Waals surface area contributed by atoms with Gasteiger partial charge in [0.25, 0.3) is 5.91 Å². The Kier molecular flexibility index (Phi) is 8.44. The van der Waals surface area contributed by atoms with Crippen LogP contribution in [0.3, 0.4) is 0 Å². The minimum atomic E-state index is -0.543. The molecule has 1 aliphatic heterocycles. The number of carbonyl (C=O) groups excluding carboxylic acids is 2. The minimum absolute atomic E-state index is 0.0162. The molecule has 1 unspecified atom stereocenters. The first-order valence-corrected chi connectivity index (χ1v) is 11.0. The Morgan fingerprint density at radius 3 is 2.35 bits per heavy atom. The number of nitrogens with one attached hydrogen (secondary N) is 3. The van der Waals surface area contributed by atoms with Crippen molar-refractivity contribution in [2.75, 3.05) is 32.7 Å². The van der Waals surface area contributed by atoms with Crippen molar-refractivity contribution >= 4 is 11.9 Å². The van der Waals surface area contributed by atoms with E-state index in [0.717, 1.165) is 43.5 Å². The molecule has 1 saturated heterocycles. The van der Waals surface area contributed by atoms with E-state index in [4.69, 9.17) is 0 Å². The predicted octanol–water partition coefficient (Wildman–Crippen LogP) is 3.05. The van der Waals surface area contributed by atoms with Crippen LogP contribution in [-0.2, 0) is 6.42 Å². The lowest BCUT2D eigenvalue weighted by molar-refractivity contribution is -0.0417. The highest BCUT2D eigenvalue weighted by atomic mass is 16.5. The summed E-state index contributed by atoms with van der Waals surface area (Å²) in [5, 5.41) is 19.3. The smallest absolute Gasteiger partial charge is 0.341 e. The number of nitrogens with zero attached hydrogens (tertiary/aromatic N) is 1. The van der Waals surface area contributed by atoms with Gasteiger partial charge in [-0.15, -0.1) is 0 Å². The highest BCUT2D eigenvalue weighted by Crippen LogP contribution is 2.20. The molecule has 0 bridgehead atoms. The summed E-state index contributed by atoms with van der Waals surface area (Å²) in [6, 6.07) is 15.2. The van der Waals surface area contributed by atoms with E-state index < -0.39 is 6.03 Å². The molecule has 166 valence electrons. The van der Waals surface area contributed by atoms with Gasteiger partial charge in [0, 0.05) is 18.7 Å². The molecule has 3 rings (SSSR count). The predicted molar refractivity (Wildman–Crippen MR) is 121 cm³/mol. The second-order valence-electron chi connectivity index (χ2n) is 7.91. The van der Waals surface area contributed by atoms with E-state index in [-0.39, 0.29) is 19.0 Å². The average Bonchev–Trinajstić information content (AvgIpc) is 2.83. The van der Waals surface area contributed by atoms with Crippen molar-refractivity contribution < 1.29 is 14.8 Å². The molecule has 1 atom stereocenters. The Balaban J connectivity index is 1.40. The summed E-state index contributed by atoms with van der Waals surface area (Å²) in [5.74, 6) is 0.147. The largest absolute Gasteiger partial charge is 0.350 e. The molecule has 2 aromatic carbocycles. The summed E-state index contributed by atoms with van der Waals surface area (Å²) < 4.78 is 0. The number of urea groups is 1. The second kappa shape index (κ2) is 11.5. The van der Waals surface area contributed by atoms with Crippen molar-refractivity contribution in [3.8, 4) is 11.1 Å². The van der Waals surface area contributed by atoms with E-state index in [9.17, 15) is 14.8 Å². The van der Waals surface area contributed by atoms with Crippen LogP contribution in [0.25, 0.3) is 11.1 Å². The van der Waals surface area contributed by atoms with Gasteiger partial charge in [0.1, 0.15) is 0 Å². The number of hydrogen-bond acceptors (Lipinski definition) is 4. The Morgan fingerprint density at radius 1 is 1.06 bits per heavy atom. The molecule has 0 radical (unpaired) electrons. The monoisotopic (exact) mass is 424 g/mol. The van der Waals surface area contributed by atoms with Crippen LogP contribution in [0.15, 0.2) is 48.5 Å². The molecule has 2 aromatic rings. The Labute approximate surface area is 183 Å². The molecule has 7 nitrogen and oxygen atoms in total. The minimum Gasteiger partial charge on any atom is -0.350 e. The molecule has 7 heteroatoms. The van der Waals surface area contributed by atoms with Gasteiger partial charge in [0.15, 0.2) is 0 Å². The fraction of sp³-hybridized carbons (Fsp3) is 0.417. The van der Waals surface area contributed by atoms with Gasteiger partial charge < -0.3 is 16.0 Å². The number of benzene rings is 2. The van der Waals surface area contributed by atoms with Gasteiger partial charge in [-0.1, -0.05) is 43.3 Å². The maximum atomic E-state index is 12.3. The SMILES string of the molecule is CCc1ccc(-c2ccc(C(=O)NCCN(O)C(=O)NCC3CCCNC3)cc2)cc1. The summed E-state index contributed by atoms with van der Waals surface area (Å²) >= 11 is 0. The third-order valence-electron chi connectivity index (χ3n) is 5.63. The summed E-state index contributed by atoms with van der Waals surface area (Å²) in [6.45, 7) is 4.73. The second-order valence-corrected chi connectivity index (χ2v) is 7.91. The number of rotatable bonds is 8. The maximum absolute atomic E-state index is 12.3. The molecular formula is C24H32N4O3. The lowest BCUT2D eigenvalue weighted by Crippen LogP contribution is -2.45. The first-order valence-electron chi connectivity index (χ1n) is 11.0. The van der Waals surface area contributed by atoms with Crippen molar-refractivity contribution in [2.24, 2.45) is 5.92 Å². The maximum Gasteiger partial charge on any atom is 0.341 e. The van der Waals surface area contributed by atoms with E-state index in [1.807, 2.05) is 12.1 Å². The van der Waals surface area contributed by atoms with Crippen LogP contribution < -0.4 is 16.0 Å². The number of carbonyl (C=O) groups is 2. The molecule has 31 heavy (non-hydrogen) atoms. The average molecular weight is 425 g/mol. The van der Waals surface area contributed by atoms with Crippen LogP contribution in [0.5, 0.6) is 0 Å². The summed E-state index contributed by atoms with van der Waals surface area (Å²) in [7, 11) is 0. The molecule has 1 fully saturated rings. The lowest BCUT2D eigenvalue weighted by Gasteiger charge is -2.24. The van der Waals surface area contributed by atoms with Crippen LogP contribution >= 0.6 is 0 Å². The normalized spacial score (nSPS) is 15.9. The van der Waals surface area contributed by atoms with Crippen molar-refractivity contribution in [3.05, 3.63) is 59.7 Å². The Bertz CT molecular complexity index is 846. The number of amides is 3. The first-order chi connectivity index (χ1) is 15.1. The zero-order valence-electron chi connectivity index (χ0n) is 18.1. The molecule has 0 aliphatic carbocycles. The van der Waals surface area contributed by atoms with E-state index in [0.29, 0.717) is 23.1 Å². The molecular weight excluding hydrogens is 392 g/mol. The van der Waals surface area contributed by atoms with Gasteiger partial charge in [-0.25, -0.2) is 9.86 Å². The van der Waals surface area contributed by atoms with Crippen molar-refractivity contribution in [3.63, 3.8) is 0 Å². The Hall–Kier alpha value is -2.90. The number of aryl methyl sites for hydroxylation is 1. The zero-order valence-corrected chi connectivity index (χ0v) is 18.1. The highest BCUT2D eigenvalue weighted by molar-refractivity contribution is 5.94. The molecule has 3 amide bonds. The van der Waals surface area contributed by atoms with Crippen LogP contribution in [-0.4, -0.2) is 54.9 Å². The van der Waals surface area contributed by atoms with Gasteiger partial charge in [-0.3, -0.25) is 10.0 Å². The molecule has 0 aromatic heterocycles. The third-order valence-corrected chi connectivity index (χ3v) is 5.63. The topological polar surface area (TPSA) is 93.7 Å². The van der Waals surface area contributed by atoms with Crippen LogP contribution in [0.1, 0.15) is 35.7 Å². The number of piperidine rings is 1. The first kappa shape index (κ1) is 22.8. The van der Waals surface area contributed by atoms with Crippen molar-refractivity contribution in [1.82, 2.24) is 21.0 Å². The standard InChI is InChI=1S/C24H32N4O3/c1-2-18-5-7-20(8-6-18)21-9-11-22(12-10-21)23(29)26-14-15-28(31)24(30)27-17-19-4-3-13-25-16-19/h5-12,19,25,31H,2-4,13-17H2,1H3,(H,26,29)(H,27,30). The quantitative estimate of drug-likeness (QED) is 0.387. The van der Waals surface area contributed by atoms with E-state index in [1.165, 1.54) is 5.56 Å². The van der Waals surface area contributed by atoms with Gasteiger partial charge in [-0.2, -0.15) is 0 Å². The van der Waals surface area contributed by atoms with Gasteiger partial charge in [-0.05, 0) is 67.1 Å². The third kappa shape index (κ3) is 6.80. The van der Waals surface area contributed by atoms with Crippen LogP contribution in [0.4, 0.5) is 4.79 Å². The summed E-state index contributed by atoms with van der Waals surface area (Å²) in [4.78, 5) is 24.3. The lowest BCUT2D eigenvalue weighted by atomic mass is 10.00. The van der Waals surface area contributed by atoms with Crippen LogP contribution in [0, 0.1) is 5.92 Å². The van der Waals surface area contributed by atoms with Gasteiger partial charge >= 0.3 is 6.03 Å². The number of hydroxylamine groups is 2. The van der Waals surface area contributed by atoms with E-state index in [2.05, 4.69) is 47.1 Å². The van der Waals surface area contributed by atoms with E-state index >= 15 is 0 Å². The molecule has 0 saturated carbocycles. The van der Waals surface area contributed by atoms with Gasteiger partial charge in [0.2, 0.25) is 0 Å². The Morgan fingerprint density at radius 2 is 1.74 bits per heavy atom. The van der Waals surface area contributed by atoms with Gasteiger partial charge in [0.05, 0.1) is 6.54 Å². The fourth-order valence-electron chi connectivity index (χ4n) is 3.65. The van der Waals surface area contributed by atoms with Crippen molar-refractivity contribution in [1.29, 1.82) is 0 Å². The molecule has 1 aliphatic rings. The van der Waals surface area contributed by atoms with Crippen LogP contribution in [0.2, 0.25) is 0 Å². The highest BCUT2D eigenvalue weighted by Gasteiger charge is 2.16. The molecule has 1 heterocycles. The molecule has 0 spiro atoms. The van der Waals surface area contributed by atoms with Crippen molar-refractivity contribution in [2.45, 2.75) is 26.2 Å².